The lowest BCUT2D eigenvalue weighted by atomic mass is 9.98. The lowest BCUT2D eigenvalue weighted by Gasteiger charge is -2.19. The molecule has 1 fully saturated rings. The van der Waals surface area contributed by atoms with Crippen molar-refractivity contribution in [2.75, 3.05) is 0 Å². The minimum Gasteiger partial charge on any atom is -0.455 e. The number of hydrogen-bond donors (Lipinski definition) is 1. The second-order valence-electron chi connectivity index (χ2n) is 4.45. The highest BCUT2D eigenvalue weighted by Gasteiger charge is 2.33. The van der Waals surface area contributed by atoms with E-state index in [0.29, 0.717) is 19.3 Å². The summed E-state index contributed by atoms with van der Waals surface area (Å²) in [6.07, 6.45) is 6.83. The van der Waals surface area contributed by atoms with E-state index in [9.17, 15) is 9.90 Å². The van der Waals surface area contributed by atoms with Crippen LogP contribution >= 0.6 is 0 Å². The van der Waals surface area contributed by atoms with Crippen LogP contribution in [0.15, 0.2) is 24.8 Å². The second kappa shape index (κ2) is 4.19. The Labute approximate surface area is 90.4 Å². The number of carbonyl (C=O) groups is 1. The Bertz CT molecular complexity index is 291. The SMILES string of the molecule is C=CC(C)(O)C/C=C/C1(C)CCC(=O)O1. The molecular weight excluding hydrogens is 192 g/mol. The molecule has 0 aromatic rings. The molecule has 0 aromatic carbocycles. The van der Waals surface area contributed by atoms with Gasteiger partial charge in [0.25, 0.3) is 0 Å². The molecule has 2 unspecified atom stereocenters. The lowest BCUT2D eigenvalue weighted by Crippen LogP contribution is -2.22. The zero-order chi connectivity index (χ0) is 11.5. The molecule has 0 spiro atoms. The molecule has 0 amide bonds. The van der Waals surface area contributed by atoms with Crippen LogP contribution in [-0.4, -0.2) is 22.3 Å². The Morgan fingerprint density at radius 2 is 2.40 bits per heavy atom. The zero-order valence-electron chi connectivity index (χ0n) is 9.32. The van der Waals surface area contributed by atoms with Gasteiger partial charge in [0.2, 0.25) is 0 Å². The molecule has 84 valence electrons. The Morgan fingerprint density at radius 3 is 2.87 bits per heavy atom. The summed E-state index contributed by atoms with van der Waals surface area (Å²) in [5.74, 6) is -0.155. The van der Waals surface area contributed by atoms with Crippen LogP contribution in [0, 0.1) is 0 Å². The van der Waals surface area contributed by atoms with Crippen molar-refractivity contribution in [1.29, 1.82) is 0 Å². The molecule has 0 radical (unpaired) electrons. The van der Waals surface area contributed by atoms with E-state index in [1.807, 2.05) is 19.1 Å². The fourth-order valence-electron chi connectivity index (χ4n) is 1.46. The summed E-state index contributed by atoms with van der Waals surface area (Å²) in [4.78, 5) is 11.0. The Hall–Kier alpha value is -1.09. The molecular formula is C12H18O3. The van der Waals surface area contributed by atoms with E-state index in [0.717, 1.165) is 0 Å². The molecule has 3 nitrogen and oxygen atoms in total. The fourth-order valence-corrected chi connectivity index (χ4v) is 1.46. The number of esters is 1. The van der Waals surface area contributed by atoms with Crippen molar-refractivity contribution in [1.82, 2.24) is 0 Å². The fraction of sp³-hybridized carbons (Fsp3) is 0.583. The monoisotopic (exact) mass is 210 g/mol. The smallest absolute Gasteiger partial charge is 0.306 e. The zero-order valence-corrected chi connectivity index (χ0v) is 9.32. The maximum absolute atomic E-state index is 11.0. The summed E-state index contributed by atoms with van der Waals surface area (Å²) >= 11 is 0. The highest BCUT2D eigenvalue weighted by Crippen LogP contribution is 2.28. The first kappa shape index (κ1) is 12.0. The number of aliphatic hydroxyl groups is 1. The molecule has 1 rings (SSSR count). The van der Waals surface area contributed by atoms with Crippen LogP contribution in [0.25, 0.3) is 0 Å². The summed E-state index contributed by atoms with van der Waals surface area (Å²) < 4.78 is 5.16. The maximum atomic E-state index is 11.0. The van der Waals surface area contributed by atoms with Gasteiger partial charge in [-0.15, -0.1) is 6.58 Å². The Balaban J connectivity index is 2.51. The summed E-state index contributed by atoms with van der Waals surface area (Å²) in [6.45, 7) is 7.10. The topological polar surface area (TPSA) is 46.5 Å². The van der Waals surface area contributed by atoms with Crippen molar-refractivity contribution in [3.8, 4) is 0 Å². The predicted octanol–water partition coefficient (Wildman–Crippen LogP) is 1.97. The quantitative estimate of drug-likeness (QED) is 0.570. The first-order valence-corrected chi connectivity index (χ1v) is 5.12. The van der Waals surface area contributed by atoms with Gasteiger partial charge in [-0.3, -0.25) is 4.79 Å². The highest BCUT2D eigenvalue weighted by atomic mass is 16.6. The van der Waals surface area contributed by atoms with Crippen LogP contribution in [0.5, 0.6) is 0 Å². The minimum absolute atomic E-state index is 0.155. The summed E-state index contributed by atoms with van der Waals surface area (Å²) in [7, 11) is 0. The molecule has 1 heterocycles. The average Bonchev–Trinajstić information content (AvgIpc) is 2.46. The van der Waals surface area contributed by atoms with E-state index < -0.39 is 11.2 Å². The van der Waals surface area contributed by atoms with E-state index in [2.05, 4.69) is 6.58 Å². The van der Waals surface area contributed by atoms with Gasteiger partial charge in [-0.2, -0.15) is 0 Å². The van der Waals surface area contributed by atoms with Crippen LogP contribution in [0.2, 0.25) is 0 Å². The van der Waals surface area contributed by atoms with Crippen LogP contribution in [-0.2, 0) is 9.53 Å². The molecule has 2 atom stereocenters. The number of carbonyl (C=O) groups excluding carboxylic acids is 1. The number of hydrogen-bond acceptors (Lipinski definition) is 3. The molecule has 0 saturated carbocycles. The summed E-state index contributed by atoms with van der Waals surface area (Å²) in [5.41, 5.74) is -1.39. The van der Waals surface area contributed by atoms with Crippen LogP contribution in [0.1, 0.15) is 33.1 Å². The highest BCUT2D eigenvalue weighted by molar-refractivity contribution is 5.72. The molecule has 15 heavy (non-hydrogen) atoms. The number of rotatable bonds is 4. The van der Waals surface area contributed by atoms with Gasteiger partial charge in [0.1, 0.15) is 5.60 Å². The number of cyclic esters (lactones) is 1. The second-order valence-corrected chi connectivity index (χ2v) is 4.45. The molecule has 0 aliphatic carbocycles. The third-order valence-electron chi connectivity index (χ3n) is 2.61. The largest absolute Gasteiger partial charge is 0.455 e. The molecule has 1 saturated heterocycles. The van der Waals surface area contributed by atoms with Crippen molar-refractivity contribution < 1.29 is 14.6 Å². The van der Waals surface area contributed by atoms with Crippen molar-refractivity contribution in [3.63, 3.8) is 0 Å². The van der Waals surface area contributed by atoms with E-state index in [4.69, 9.17) is 4.74 Å². The lowest BCUT2D eigenvalue weighted by molar-refractivity contribution is -0.144. The van der Waals surface area contributed by atoms with E-state index in [1.165, 1.54) is 6.08 Å². The van der Waals surface area contributed by atoms with Gasteiger partial charge in [-0.25, -0.2) is 0 Å². The van der Waals surface area contributed by atoms with Crippen molar-refractivity contribution in [2.45, 2.75) is 44.3 Å². The normalized spacial score (nSPS) is 30.2. The van der Waals surface area contributed by atoms with Gasteiger partial charge in [0.15, 0.2) is 0 Å². The van der Waals surface area contributed by atoms with Gasteiger partial charge in [-0.1, -0.05) is 12.2 Å². The first-order valence-electron chi connectivity index (χ1n) is 5.12. The standard InChI is InChI=1S/C12H18O3/c1-4-11(2,14)7-5-8-12(3)9-6-10(13)15-12/h4-5,8,14H,1,6-7,9H2,2-3H3/b8-5+. The van der Waals surface area contributed by atoms with Crippen molar-refractivity contribution in [2.24, 2.45) is 0 Å². The molecule has 1 aliphatic heterocycles. The van der Waals surface area contributed by atoms with E-state index in [-0.39, 0.29) is 5.97 Å². The van der Waals surface area contributed by atoms with Crippen molar-refractivity contribution in [3.05, 3.63) is 24.8 Å². The third-order valence-corrected chi connectivity index (χ3v) is 2.61. The Kier molecular flexibility index (Phi) is 3.35. The number of ether oxygens (including phenoxy) is 1. The molecule has 1 N–H and O–H groups in total. The third kappa shape index (κ3) is 3.51. The maximum Gasteiger partial charge on any atom is 0.306 e. The molecule has 1 aliphatic rings. The average molecular weight is 210 g/mol. The van der Waals surface area contributed by atoms with Gasteiger partial charge >= 0.3 is 5.97 Å². The van der Waals surface area contributed by atoms with Gasteiger partial charge in [-0.05, 0) is 26.3 Å². The van der Waals surface area contributed by atoms with E-state index in [1.54, 1.807) is 6.92 Å². The summed E-state index contributed by atoms with van der Waals surface area (Å²) in [5, 5.41) is 9.66. The molecule has 0 bridgehead atoms. The molecule has 0 aromatic heterocycles. The van der Waals surface area contributed by atoms with Gasteiger partial charge < -0.3 is 9.84 Å². The van der Waals surface area contributed by atoms with E-state index >= 15 is 0 Å². The van der Waals surface area contributed by atoms with Crippen LogP contribution in [0.3, 0.4) is 0 Å². The summed E-state index contributed by atoms with van der Waals surface area (Å²) in [6, 6.07) is 0. The Morgan fingerprint density at radius 1 is 1.73 bits per heavy atom. The predicted molar refractivity (Wildman–Crippen MR) is 58.3 cm³/mol. The minimum atomic E-state index is -0.893. The van der Waals surface area contributed by atoms with Crippen LogP contribution < -0.4 is 0 Å². The molecule has 3 heteroatoms. The van der Waals surface area contributed by atoms with Crippen LogP contribution in [0.4, 0.5) is 0 Å². The van der Waals surface area contributed by atoms with Gasteiger partial charge in [0.05, 0.1) is 5.60 Å². The van der Waals surface area contributed by atoms with Gasteiger partial charge in [0, 0.05) is 12.8 Å². The first-order chi connectivity index (χ1) is 6.87. The van der Waals surface area contributed by atoms with Crippen molar-refractivity contribution >= 4 is 5.97 Å².